The van der Waals surface area contributed by atoms with E-state index in [0.29, 0.717) is 12.5 Å². The first-order valence-electron chi connectivity index (χ1n) is 6.11. The molecule has 2 heterocycles. The Morgan fingerprint density at radius 1 is 1.44 bits per heavy atom. The second-order valence-electron chi connectivity index (χ2n) is 5.36. The molecule has 1 aliphatic rings. The Balaban J connectivity index is 1.96. The molecule has 0 radical (unpaired) electrons. The van der Waals surface area contributed by atoms with E-state index in [9.17, 15) is 0 Å². The molecule has 0 fully saturated rings. The average molecular weight is 243 g/mol. The standard InChI is InChI=1S/C14H17N3O/c1-14(2)8-10-4-3-5-11(12(10)18-14)9-17-7-6-16-13(17)15/h3-7H,8-9H2,1-2H3,(H2,15,16). The molecule has 0 unspecified atom stereocenters. The SMILES string of the molecule is CC1(C)Cc2cccc(Cn3ccnc3N)c2O1. The van der Waals surface area contributed by atoms with Crippen molar-refractivity contribution in [3.8, 4) is 5.75 Å². The Hall–Kier alpha value is -1.97. The monoisotopic (exact) mass is 243 g/mol. The van der Waals surface area contributed by atoms with E-state index in [1.807, 2.05) is 10.8 Å². The number of nitrogens with two attached hydrogens (primary N) is 1. The third-order valence-corrected chi connectivity index (χ3v) is 3.26. The number of ether oxygens (including phenoxy) is 1. The largest absolute Gasteiger partial charge is 0.487 e. The Morgan fingerprint density at radius 3 is 3.00 bits per heavy atom. The number of nitrogens with zero attached hydrogens (tertiary/aromatic N) is 2. The van der Waals surface area contributed by atoms with Crippen LogP contribution in [0.5, 0.6) is 5.75 Å². The lowest BCUT2D eigenvalue weighted by atomic mass is 10.0. The molecular formula is C14H17N3O. The van der Waals surface area contributed by atoms with E-state index < -0.39 is 0 Å². The summed E-state index contributed by atoms with van der Waals surface area (Å²) in [5.41, 5.74) is 8.12. The molecule has 4 heteroatoms. The highest BCUT2D eigenvalue weighted by molar-refractivity contribution is 5.46. The predicted molar refractivity (Wildman–Crippen MR) is 70.6 cm³/mol. The number of benzene rings is 1. The molecule has 0 saturated heterocycles. The minimum Gasteiger partial charge on any atom is -0.487 e. The van der Waals surface area contributed by atoms with Crippen molar-refractivity contribution in [2.75, 3.05) is 5.73 Å². The van der Waals surface area contributed by atoms with E-state index in [4.69, 9.17) is 10.5 Å². The van der Waals surface area contributed by atoms with E-state index in [0.717, 1.165) is 17.7 Å². The van der Waals surface area contributed by atoms with Crippen LogP contribution in [-0.2, 0) is 13.0 Å². The minimum absolute atomic E-state index is 0.112. The van der Waals surface area contributed by atoms with Crippen molar-refractivity contribution < 1.29 is 4.74 Å². The Bertz CT molecular complexity index is 586. The molecule has 4 nitrogen and oxygen atoms in total. The summed E-state index contributed by atoms with van der Waals surface area (Å²) in [6.07, 6.45) is 4.55. The average Bonchev–Trinajstić information content (AvgIpc) is 2.82. The minimum atomic E-state index is -0.112. The first-order valence-corrected chi connectivity index (χ1v) is 6.11. The number of hydrogen-bond acceptors (Lipinski definition) is 3. The maximum atomic E-state index is 6.04. The number of anilines is 1. The van der Waals surface area contributed by atoms with Crippen LogP contribution in [0.1, 0.15) is 25.0 Å². The number of aromatic nitrogens is 2. The van der Waals surface area contributed by atoms with Gasteiger partial charge in [0.05, 0.1) is 6.54 Å². The molecule has 1 aliphatic heterocycles. The molecule has 2 N–H and O–H groups in total. The third kappa shape index (κ3) is 1.83. The Morgan fingerprint density at radius 2 is 2.28 bits per heavy atom. The van der Waals surface area contributed by atoms with Gasteiger partial charge in [-0.1, -0.05) is 18.2 Å². The lowest BCUT2D eigenvalue weighted by Gasteiger charge is -2.18. The first-order chi connectivity index (χ1) is 8.55. The van der Waals surface area contributed by atoms with Gasteiger partial charge in [-0.3, -0.25) is 0 Å². The van der Waals surface area contributed by atoms with E-state index >= 15 is 0 Å². The van der Waals surface area contributed by atoms with Gasteiger partial charge in [-0.15, -0.1) is 0 Å². The zero-order valence-corrected chi connectivity index (χ0v) is 10.7. The van der Waals surface area contributed by atoms with Gasteiger partial charge in [-0.05, 0) is 19.4 Å². The molecule has 1 aromatic carbocycles. The lowest BCUT2D eigenvalue weighted by Crippen LogP contribution is -2.25. The highest BCUT2D eigenvalue weighted by atomic mass is 16.5. The van der Waals surface area contributed by atoms with Crippen LogP contribution in [0.4, 0.5) is 5.95 Å². The second kappa shape index (κ2) is 3.77. The van der Waals surface area contributed by atoms with Gasteiger partial charge in [-0.2, -0.15) is 0 Å². The molecule has 0 spiro atoms. The van der Waals surface area contributed by atoms with E-state index in [1.165, 1.54) is 5.56 Å². The predicted octanol–water partition coefficient (Wildman–Crippen LogP) is 2.23. The van der Waals surface area contributed by atoms with Crippen molar-refractivity contribution in [2.24, 2.45) is 0 Å². The van der Waals surface area contributed by atoms with Crippen molar-refractivity contribution in [2.45, 2.75) is 32.4 Å². The number of rotatable bonds is 2. The van der Waals surface area contributed by atoms with Gasteiger partial charge in [0.2, 0.25) is 0 Å². The van der Waals surface area contributed by atoms with Gasteiger partial charge in [0, 0.05) is 24.4 Å². The summed E-state index contributed by atoms with van der Waals surface area (Å²) in [7, 11) is 0. The number of fused-ring (bicyclic) bond motifs is 1. The number of nitrogen functional groups attached to an aromatic ring is 1. The zero-order valence-electron chi connectivity index (χ0n) is 10.7. The molecule has 0 bridgehead atoms. The molecule has 0 amide bonds. The smallest absolute Gasteiger partial charge is 0.200 e. The number of hydrogen-bond donors (Lipinski definition) is 1. The van der Waals surface area contributed by atoms with Crippen molar-refractivity contribution >= 4 is 5.95 Å². The second-order valence-corrected chi connectivity index (χ2v) is 5.36. The molecular weight excluding hydrogens is 226 g/mol. The Kier molecular flexibility index (Phi) is 2.33. The molecule has 2 aromatic rings. The summed E-state index contributed by atoms with van der Waals surface area (Å²) < 4.78 is 7.96. The molecule has 94 valence electrons. The third-order valence-electron chi connectivity index (χ3n) is 3.26. The summed E-state index contributed by atoms with van der Waals surface area (Å²) in [4.78, 5) is 4.03. The molecule has 18 heavy (non-hydrogen) atoms. The fourth-order valence-corrected chi connectivity index (χ4v) is 2.46. The highest BCUT2D eigenvalue weighted by Crippen LogP contribution is 2.37. The van der Waals surface area contributed by atoms with Gasteiger partial charge in [-0.25, -0.2) is 4.98 Å². The molecule has 0 aliphatic carbocycles. The molecule has 3 rings (SSSR count). The van der Waals surface area contributed by atoms with Crippen LogP contribution < -0.4 is 10.5 Å². The van der Waals surface area contributed by atoms with E-state index in [1.54, 1.807) is 6.20 Å². The van der Waals surface area contributed by atoms with Crippen LogP contribution in [0.15, 0.2) is 30.6 Å². The van der Waals surface area contributed by atoms with Crippen LogP contribution >= 0.6 is 0 Å². The molecule has 1 aromatic heterocycles. The van der Waals surface area contributed by atoms with Crippen molar-refractivity contribution in [1.82, 2.24) is 9.55 Å². The van der Waals surface area contributed by atoms with Crippen molar-refractivity contribution in [3.05, 3.63) is 41.7 Å². The van der Waals surface area contributed by atoms with Gasteiger partial charge >= 0.3 is 0 Å². The van der Waals surface area contributed by atoms with E-state index in [-0.39, 0.29) is 5.60 Å². The van der Waals surface area contributed by atoms with Crippen LogP contribution in [0.3, 0.4) is 0 Å². The van der Waals surface area contributed by atoms with Crippen LogP contribution in [0.25, 0.3) is 0 Å². The van der Waals surface area contributed by atoms with Gasteiger partial charge in [0.1, 0.15) is 11.4 Å². The van der Waals surface area contributed by atoms with E-state index in [2.05, 4.69) is 37.0 Å². The zero-order chi connectivity index (χ0) is 12.8. The number of para-hydroxylation sites is 1. The maximum Gasteiger partial charge on any atom is 0.200 e. The molecule has 0 saturated carbocycles. The highest BCUT2D eigenvalue weighted by Gasteiger charge is 2.31. The van der Waals surface area contributed by atoms with Crippen LogP contribution in [0.2, 0.25) is 0 Å². The topological polar surface area (TPSA) is 53.1 Å². The van der Waals surface area contributed by atoms with Crippen LogP contribution in [-0.4, -0.2) is 15.2 Å². The fourth-order valence-electron chi connectivity index (χ4n) is 2.46. The summed E-state index contributed by atoms with van der Waals surface area (Å²) in [5.74, 6) is 1.54. The molecule has 0 atom stereocenters. The van der Waals surface area contributed by atoms with Gasteiger partial charge in [0.25, 0.3) is 0 Å². The van der Waals surface area contributed by atoms with Crippen LogP contribution in [0, 0.1) is 0 Å². The quantitative estimate of drug-likeness (QED) is 0.880. The normalized spacial score (nSPS) is 16.3. The summed E-state index contributed by atoms with van der Waals surface area (Å²) in [6.45, 7) is 4.93. The Labute approximate surface area is 106 Å². The summed E-state index contributed by atoms with van der Waals surface area (Å²) >= 11 is 0. The summed E-state index contributed by atoms with van der Waals surface area (Å²) in [6, 6.07) is 6.29. The first kappa shape index (κ1) is 11.1. The number of imidazole rings is 1. The fraction of sp³-hybridized carbons (Fsp3) is 0.357. The maximum absolute atomic E-state index is 6.04. The van der Waals surface area contributed by atoms with Crippen molar-refractivity contribution in [3.63, 3.8) is 0 Å². The van der Waals surface area contributed by atoms with Crippen molar-refractivity contribution in [1.29, 1.82) is 0 Å². The summed E-state index contributed by atoms with van der Waals surface area (Å²) in [5, 5.41) is 0. The van der Waals surface area contributed by atoms with Gasteiger partial charge in [0.15, 0.2) is 5.95 Å². The lowest BCUT2D eigenvalue weighted by molar-refractivity contribution is 0.137. The van der Waals surface area contributed by atoms with Gasteiger partial charge < -0.3 is 15.0 Å².